The lowest BCUT2D eigenvalue weighted by Gasteiger charge is -2.10. The van der Waals surface area contributed by atoms with Gasteiger partial charge in [0, 0.05) is 5.56 Å². The second-order valence-electron chi connectivity index (χ2n) is 5.39. The first-order valence-electron chi connectivity index (χ1n) is 7.87. The minimum absolute atomic E-state index is 0.0377. The van der Waals surface area contributed by atoms with E-state index < -0.39 is 0 Å². The van der Waals surface area contributed by atoms with Crippen molar-refractivity contribution in [1.29, 1.82) is 0 Å². The maximum absolute atomic E-state index is 12.2. The minimum Gasteiger partial charge on any atom is -0.496 e. The number of ketones is 1. The molecule has 0 saturated heterocycles. The van der Waals surface area contributed by atoms with Crippen LogP contribution < -0.4 is 19.5 Å². The van der Waals surface area contributed by atoms with Gasteiger partial charge in [-0.1, -0.05) is 6.07 Å². The van der Waals surface area contributed by atoms with E-state index in [2.05, 4.69) is 21.2 Å². The van der Waals surface area contributed by atoms with Crippen molar-refractivity contribution in [3.63, 3.8) is 0 Å². The van der Waals surface area contributed by atoms with Gasteiger partial charge in [-0.25, -0.2) is 0 Å². The van der Waals surface area contributed by atoms with E-state index in [0.717, 1.165) is 16.5 Å². The summed E-state index contributed by atoms with van der Waals surface area (Å²) in [6.07, 6.45) is 0.792. The second-order valence-corrected chi connectivity index (χ2v) is 6.24. The molecule has 0 fully saturated rings. The summed E-state index contributed by atoms with van der Waals surface area (Å²) < 4.78 is 16.5. The molecule has 5 nitrogen and oxygen atoms in total. The fourth-order valence-electron chi connectivity index (χ4n) is 2.41. The third-order valence-corrected chi connectivity index (χ3v) is 4.42. The molecule has 0 amide bonds. The van der Waals surface area contributed by atoms with Crippen molar-refractivity contribution in [2.75, 3.05) is 34.4 Å². The topological polar surface area (TPSA) is 56.8 Å². The predicted molar refractivity (Wildman–Crippen MR) is 101 cm³/mol. The standard InChI is InChI=1S/C19H22BrNO4/c1-23-17-7-5-14(11-15(17)20)16(22)12-21-9-8-13-4-6-18(24-2)19(10-13)25-3/h4-7,10-11,21H,8-9,12H2,1-3H3. The van der Waals surface area contributed by atoms with E-state index in [4.69, 9.17) is 14.2 Å². The van der Waals surface area contributed by atoms with Gasteiger partial charge < -0.3 is 19.5 Å². The number of nitrogens with one attached hydrogen (secondary N) is 1. The van der Waals surface area contributed by atoms with Crippen molar-refractivity contribution in [2.45, 2.75) is 6.42 Å². The first-order valence-corrected chi connectivity index (χ1v) is 8.66. The second kappa shape index (κ2) is 9.44. The Balaban J connectivity index is 1.84. The zero-order valence-electron chi connectivity index (χ0n) is 14.6. The van der Waals surface area contributed by atoms with E-state index >= 15 is 0 Å². The smallest absolute Gasteiger partial charge is 0.176 e. The number of carbonyl (C=O) groups is 1. The molecule has 2 rings (SSSR count). The summed E-state index contributed by atoms with van der Waals surface area (Å²) in [4.78, 5) is 12.2. The van der Waals surface area contributed by atoms with Crippen LogP contribution in [0, 0.1) is 0 Å². The molecule has 2 aromatic carbocycles. The summed E-state index contributed by atoms with van der Waals surface area (Å²) in [5.41, 5.74) is 1.76. The largest absolute Gasteiger partial charge is 0.496 e. The van der Waals surface area contributed by atoms with Crippen molar-refractivity contribution in [3.05, 3.63) is 52.0 Å². The Bertz CT molecular complexity index is 733. The number of ether oxygens (including phenoxy) is 3. The maximum atomic E-state index is 12.2. The first kappa shape index (κ1) is 19.3. The van der Waals surface area contributed by atoms with E-state index in [1.54, 1.807) is 39.5 Å². The molecule has 0 aliphatic rings. The number of methoxy groups -OCH3 is 3. The molecule has 0 aliphatic heterocycles. The monoisotopic (exact) mass is 407 g/mol. The Kier molecular flexibility index (Phi) is 7.28. The van der Waals surface area contributed by atoms with Gasteiger partial charge >= 0.3 is 0 Å². The Hall–Kier alpha value is -2.05. The van der Waals surface area contributed by atoms with Crippen LogP contribution in [-0.4, -0.2) is 40.2 Å². The first-order chi connectivity index (χ1) is 12.1. The zero-order valence-corrected chi connectivity index (χ0v) is 16.2. The average Bonchev–Trinajstić information content (AvgIpc) is 2.64. The van der Waals surface area contributed by atoms with Crippen molar-refractivity contribution < 1.29 is 19.0 Å². The third kappa shape index (κ3) is 5.21. The molecule has 0 saturated carbocycles. The number of rotatable bonds is 9. The highest BCUT2D eigenvalue weighted by Gasteiger charge is 2.09. The number of carbonyl (C=O) groups excluding carboxylic acids is 1. The van der Waals surface area contributed by atoms with Gasteiger partial charge in [-0.3, -0.25) is 4.79 Å². The lowest BCUT2D eigenvalue weighted by atomic mass is 10.1. The highest BCUT2D eigenvalue weighted by molar-refractivity contribution is 9.10. The van der Waals surface area contributed by atoms with Crippen LogP contribution in [-0.2, 0) is 6.42 Å². The van der Waals surface area contributed by atoms with Crippen LogP contribution in [0.25, 0.3) is 0 Å². The van der Waals surface area contributed by atoms with Gasteiger partial charge in [-0.15, -0.1) is 0 Å². The summed E-state index contributed by atoms with van der Waals surface area (Å²) in [7, 11) is 4.82. The van der Waals surface area contributed by atoms with Crippen LogP contribution in [0.4, 0.5) is 0 Å². The maximum Gasteiger partial charge on any atom is 0.176 e. The summed E-state index contributed by atoms with van der Waals surface area (Å²) in [6, 6.07) is 11.1. The molecule has 134 valence electrons. The van der Waals surface area contributed by atoms with E-state index in [9.17, 15) is 4.79 Å². The number of benzene rings is 2. The van der Waals surface area contributed by atoms with Gasteiger partial charge in [0.1, 0.15) is 5.75 Å². The molecule has 1 N–H and O–H groups in total. The normalized spacial score (nSPS) is 10.4. The number of Topliss-reactive ketones (excluding diaryl/α,β-unsaturated/α-hetero) is 1. The van der Waals surface area contributed by atoms with E-state index in [1.807, 2.05) is 18.2 Å². The van der Waals surface area contributed by atoms with Crippen LogP contribution in [0.5, 0.6) is 17.2 Å². The van der Waals surface area contributed by atoms with Gasteiger partial charge in [-0.05, 0) is 64.8 Å². The lowest BCUT2D eigenvalue weighted by molar-refractivity contribution is 0.0991. The summed E-state index contributed by atoms with van der Waals surface area (Å²) in [5.74, 6) is 2.16. The molecule has 0 heterocycles. The van der Waals surface area contributed by atoms with Crippen LogP contribution in [0.15, 0.2) is 40.9 Å². The Labute approximate surface area is 156 Å². The van der Waals surface area contributed by atoms with E-state index in [-0.39, 0.29) is 12.3 Å². The number of hydrogen-bond acceptors (Lipinski definition) is 5. The third-order valence-electron chi connectivity index (χ3n) is 3.80. The average molecular weight is 408 g/mol. The minimum atomic E-state index is 0.0377. The molecule has 0 spiro atoms. The molecule has 0 aliphatic carbocycles. The lowest BCUT2D eigenvalue weighted by Crippen LogP contribution is -2.25. The Morgan fingerprint density at radius 1 is 0.960 bits per heavy atom. The van der Waals surface area contributed by atoms with Crippen LogP contribution in [0.2, 0.25) is 0 Å². The SMILES string of the molecule is COc1ccc(C(=O)CNCCc2ccc(OC)c(OC)c2)cc1Br. The fourth-order valence-corrected chi connectivity index (χ4v) is 2.95. The fraction of sp³-hybridized carbons (Fsp3) is 0.316. The quantitative estimate of drug-likeness (QED) is 0.509. The predicted octanol–water partition coefficient (Wildman–Crippen LogP) is 3.49. The molecule has 2 aromatic rings. The van der Waals surface area contributed by atoms with Crippen LogP contribution >= 0.6 is 15.9 Å². The van der Waals surface area contributed by atoms with Gasteiger partial charge in [0.25, 0.3) is 0 Å². The van der Waals surface area contributed by atoms with Gasteiger partial charge in [0.15, 0.2) is 17.3 Å². The number of halogens is 1. The summed E-state index contributed by atoms with van der Waals surface area (Å²) in [5, 5.41) is 3.18. The zero-order chi connectivity index (χ0) is 18.2. The Morgan fingerprint density at radius 3 is 2.28 bits per heavy atom. The molecular weight excluding hydrogens is 386 g/mol. The number of hydrogen-bond donors (Lipinski definition) is 1. The molecule has 0 atom stereocenters. The van der Waals surface area contributed by atoms with Crippen LogP contribution in [0.3, 0.4) is 0 Å². The van der Waals surface area contributed by atoms with Crippen molar-refractivity contribution in [2.24, 2.45) is 0 Å². The highest BCUT2D eigenvalue weighted by atomic mass is 79.9. The Morgan fingerprint density at radius 2 is 1.64 bits per heavy atom. The molecule has 0 aromatic heterocycles. The van der Waals surface area contributed by atoms with Gasteiger partial charge in [0.2, 0.25) is 0 Å². The summed E-state index contributed by atoms with van der Waals surface area (Å²) in [6.45, 7) is 0.977. The molecule has 0 radical (unpaired) electrons. The van der Waals surface area contributed by atoms with Gasteiger partial charge in [0.05, 0.1) is 32.3 Å². The molecule has 6 heteroatoms. The molecule has 0 bridgehead atoms. The highest BCUT2D eigenvalue weighted by Crippen LogP contribution is 2.27. The molecule has 0 unspecified atom stereocenters. The van der Waals surface area contributed by atoms with Crippen molar-refractivity contribution >= 4 is 21.7 Å². The van der Waals surface area contributed by atoms with Crippen LogP contribution in [0.1, 0.15) is 15.9 Å². The van der Waals surface area contributed by atoms with Crippen molar-refractivity contribution in [3.8, 4) is 17.2 Å². The van der Waals surface area contributed by atoms with Crippen molar-refractivity contribution in [1.82, 2.24) is 5.32 Å². The molecule has 25 heavy (non-hydrogen) atoms. The van der Waals surface area contributed by atoms with E-state index in [0.29, 0.717) is 29.4 Å². The summed E-state index contributed by atoms with van der Waals surface area (Å²) >= 11 is 3.39. The van der Waals surface area contributed by atoms with E-state index in [1.165, 1.54) is 0 Å². The molecular formula is C19H22BrNO4. The van der Waals surface area contributed by atoms with Gasteiger partial charge in [-0.2, -0.15) is 0 Å².